The molecule has 2 aliphatic heterocycles. The molecule has 1 amide bonds. The quantitative estimate of drug-likeness (QED) is 0.682. The summed E-state index contributed by atoms with van der Waals surface area (Å²) < 4.78 is 39.3. The highest BCUT2D eigenvalue weighted by atomic mass is 32.2. The smallest absolute Gasteiger partial charge is 0.292 e. The predicted octanol–water partition coefficient (Wildman–Crippen LogP) is 2.36. The van der Waals surface area contributed by atoms with Crippen LogP contribution in [-0.4, -0.2) is 45.4 Å². The van der Waals surface area contributed by atoms with E-state index in [2.05, 4.69) is 0 Å². The van der Waals surface area contributed by atoms with E-state index >= 15 is 0 Å². The van der Waals surface area contributed by atoms with Crippen LogP contribution in [0.15, 0.2) is 53.4 Å². The van der Waals surface area contributed by atoms with Crippen molar-refractivity contribution in [3.63, 3.8) is 0 Å². The van der Waals surface area contributed by atoms with Gasteiger partial charge in [-0.15, -0.1) is 0 Å². The van der Waals surface area contributed by atoms with Crippen molar-refractivity contribution < 1.29 is 22.7 Å². The second kappa shape index (κ2) is 8.40. The number of carbonyl (C=O) groups is 1. The maximum atomic E-state index is 13.2. The lowest BCUT2D eigenvalue weighted by Crippen LogP contribution is -2.47. The summed E-state index contributed by atoms with van der Waals surface area (Å²) in [5.74, 6) is -2.09. The van der Waals surface area contributed by atoms with E-state index in [9.17, 15) is 13.2 Å². The molecule has 0 radical (unpaired) electrons. The Morgan fingerprint density at radius 1 is 1.16 bits per heavy atom. The van der Waals surface area contributed by atoms with Gasteiger partial charge in [0, 0.05) is 25.7 Å². The van der Waals surface area contributed by atoms with E-state index in [-0.39, 0.29) is 24.4 Å². The average molecular weight is 442 g/mol. The zero-order valence-electron chi connectivity index (χ0n) is 17.2. The molecule has 0 aromatic heterocycles. The minimum Gasteiger partial charge on any atom is -0.338 e. The van der Waals surface area contributed by atoms with Crippen LogP contribution in [-0.2, 0) is 36.6 Å². The Morgan fingerprint density at radius 2 is 1.87 bits per heavy atom. The van der Waals surface area contributed by atoms with Crippen molar-refractivity contribution in [1.82, 2.24) is 4.31 Å². The Kier molecular flexibility index (Phi) is 5.81. The fourth-order valence-corrected chi connectivity index (χ4v) is 5.06. The Balaban J connectivity index is 1.72. The number of amides is 1. The van der Waals surface area contributed by atoms with Gasteiger partial charge in [-0.05, 0) is 30.2 Å². The first kappa shape index (κ1) is 21.5. The number of carbonyl (C=O) groups excluding carboxylic acids is 1. The van der Waals surface area contributed by atoms with Gasteiger partial charge in [0.2, 0.25) is 10.0 Å². The molecule has 2 aliphatic rings. The summed E-state index contributed by atoms with van der Waals surface area (Å²) in [5, 5.41) is 8.96. The molecule has 0 atom stereocenters. The van der Waals surface area contributed by atoms with Gasteiger partial charge in [-0.1, -0.05) is 30.3 Å². The van der Waals surface area contributed by atoms with E-state index in [1.807, 2.05) is 36.4 Å². The second-order valence-electron chi connectivity index (χ2n) is 7.46. The van der Waals surface area contributed by atoms with Crippen molar-refractivity contribution >= 4 is 21.6 Å². The zero-order valence-corrected chi connectivity index (χ0v) is 18.0. The molecule has 162 valence electrons. The Morgan fingerprint density at radius 3 is 2.55 bits per heavy atom. The predicted molar refractivity (Wildman–Crippen MR) is 112 cm³/mol. The molecule has 31 heavy (non-hydrogen) atoms. The minimum absolute atomic E-state index is 0.0526. The summed E-state index contributed by atoms with van der Waals surface area (Å²) in [7, 11) is -2.31. The minimum atomic E-state index is -3.83. The molecule has 1 fully saturated rings. The lowest BCUT2D eigenvalue weighted by Gasteiger charge is -2.32. The molecule has 0 aliphatic carbocycles. The molecule has 9 heteroatoms. The molecule has 2 heterocycles. The number of anilines is 1. The van der Waals surface area contributed by atoms with Gasteiger partial charge in [-0.25, -0.2) is 8.42 Å². The zero-order chi connectivity index (χ0) is 22.1. The van der Waals surface area contributed by atoms with Crippen LogP contribution in [0.1, 0.15) is 24.0 Å². The number of fused-ring (bicyclic) bond motifs is 2. The molecule has 0 bridgehead atoms. The van der Waals surface area contributed by atoms with Gasteiger partial charge in [-0.3, -0.25) is 4.79 Å². The summed E-state index contributed by atoms with van der Waals surface area (Å²) >= 11 is 0. The number of nitriles is 1. The van der Waals surface area contributed by atoms with E-state index < -0.39 is 21.7 Å². The first-order valence-corrected chi connectivity index (χ1v) is 11.5. The summed E-state index contributed by atoms with van der Waals surface area (Å²) in [6.45, 7) is 1.03. The van der Waals surface area contributed by atoms with Crippen molar-refractivity contribution in [2.24, 2.45) is 0 Å². The molecule has 2 aromatic carbocycles. The summed E-state index contributed by atoms with van der Waals surface area (Å²) in [6.07, 6.45) is 0.779. The summed E-state index contributed by atoms with van der Waals surface area (Å²) in [6, 6.07) is 15.9. The van der Waals surface area contributed by atoms with Crippen LogP contribution >= 0.6 is 0 Å². The Labute approximate surface area is 181 Å². The summed E-state index contributed by atoms with van der Waals surface area (Å²) in [5.41, 5.74) is 1.74. The van der Waals surface area contributed by atoms with Crippen LogP contribution in [0, 0.1) is 11.3 Å². The van der Waals surface area contributed by atoms with Crippen LogP contribution in [0.2, 0.25) is 0 Å². The number of nitrogens with zero attached hydrogens (tertiary/aromatic N) is 3. The molecular weight excluding hydrogens is 418 g/mol. The highest BCUT2D eigenvalue weighted by Gasteiger charge is 2.55. The molecule has 1 saturated heterocycles. The first-order chi connectivity index (χ1) is 14.9. The van der Waals surface area contributed by atoms with Gasteiger partial charge in [-0.2, -0.15) is 9.57 Å². The molecule has 0 unspecified atom stereocenters. The van der Waals surface area contributed by atoms with E-state index in [0.29, 0.717) is 30.9 Å². The van der Waals surface area contributed by atoms with Gasteiger partial charge in [0.15, 0.2) is 0 Å². The van der Waals surface area contributed by atoms with Gasteiger partial charge < -0.3 is 14.4 Å². The highest BCUT2D eigenvalue weighted by Crippen LogP contribution is 2.46. The second-order valence-corrected chi connectivity index (χ2v) is 9.50. The third-order valence-electron chi connectivity index (χ3n) is 5.44. The van der Waals surface area contributed by atoms with Crippen LogP contribution in [0.25, 0.3) is 0 Å². The largest absolute Gasteiger partial charge is 0.338 e. The van der Waals surface area contributed by atoms with Crippen molar-refractivity contribution in [3.05, 3.63) is 59.7 Å². The lowest BCUT2D eigenvalue weighted by molar-refractivity contribution is -0.256. The standard InChI is InChI=1S/C22H23N3O5S/c1-24(16-17-7-3-2-4-8-17)31(27,28)18-9-10-20-19(15-18)22(29-13-6-14-30-22)21(26)25(20)12-5-11-23/h2-4,7-10,15H,5-6,12-14,16H2,1H3. The molecule has 8 nitrogen and oxygen atoms in total. The third-order valence-corrected chi connectivity index (χ3v) is 7.24. The molecule has 1 spiro atoms. The molecule has 4 rings (SSSR count). The number of ether oxygens (including phenoxy) is 2. The SMILES string of the molecule is CN(Cc1ccccc1)S(=O)(=O)c1ccc2c(c1)C1(OCCCO1)C(=O)N2CCC#N. The fraction of sp³-hybridized carbons (Fsp3) is 0.364. The van der Waals surface area contributed by atoms with E-state index in [4.69, 9.17) is 14.7 Å². The van der Waals surface area contributed by atoms with Crippen molar-refractivity contribution in [2.45, 2.75) is 30.1 Å². The Bertz CT molecular complexity index is 1120. The monoisotopic (exact) mass is 441 g/mol. The van der Waals surface area contributed by atoms with Gasteiger partial charge in [0.05, 0.1) is 36.3 Å². The maximum Gasteiger partial charge on any atom is 0.292 e. The third kappa shape index (κ3) is 3.72. The molecule has 0 N–H and O–H groups in total. The molecular formula is C22H23N3O5S. The number of rotatable bonds is 6. The number of hydrogen-bond acceptors (Lipinski definition) is 6. The fourth-order valence-electron chi connectivity index (χ4n) is 3.88. The average Bonchev–Trinajstić information content (AvgIpc) is 3.00. The number of benzene rings is 2. The summed E-state index contributed by atoms with van der Waals surface area (Å²) in [4.78, 5) is 14.7. The first-order valence-electron chi connectivity index (χ1n) is 10.0. The van der Waals surface area contributed by atoms with E-state index in [1.165, 1.54) is 28.4 Å². The van der Waals surface area contributed by atoms with E-state index in [0.717, 1.165) is 5.56 Å². The van der Waals surface area contributed by atoms with Crippen LogP contribution in [0.3, 0.4) is 0 Å². The van der Waals surface area contributed by atoms with Crippen molar-refractivity contribution in [2.75, 3.05) is 31.7 Å². The van der Waals surface area contributed by atoms with Crippen molar-refractivity contribution in [3.8, 4) is 6.07 Å². The molecule has 0 saturated carbocycles. The van der Waals surface area contributed by atoms with E-state index in [1.54, 1.807) is 6.07 Å². The van der Waals surface area contributed by atoms with Crippen molar-refractivity contribution in [1.29, 1.82) is 5.26 Å². The van der Waals surface area contributed by atoms with Crippen LogP contribution < -0.4 is 4.90 Å². The normalized spacial score (nSPS) is 17.7. The molecule has 2 aromatic rings. The Hall–Kier alpha value is -2.77. The lowest BCUT2D eigenvalue weighted by atomic mass is 10.1. The van der Waals surface area contributed by atoms with Crippen LogP contribution in [0.5, 0.6) is 0 Å². The van der Waals surface area contributed by atoms with Gasteiger partial charge >= 0.3 is 0 Å². The number of hydrogen-bond donors (Lipinski definition) is 0. The van der Waals surface area contributed by atoms with Crippen LogP contribution in [0.4, 0.5) is 5.69 Å². The van der Waals surface area contributed by atoms with Gasteiger partial charge in [0.25, 0.3) is 11.7 Å². The van der Waals surface area contributed by atoms with Gasteiger partial charge in [0.1, 0.15) is 0 Å². The maximum absolute atomic E-state index is 13.2. The number of sulfonamides is 1. The highest BCUT2D eigenvalue weighted by molar-refractivity contribution is 7.89. The topological polar surface area (TPSA) is 99.9 Å².